The van der Waals surface area contributed by atoms with Gasteiger partial charge in [-0.3, -0.25) is 14.6 Å². The summed E-state index contributed by atoms with van der Waals surface area (Å²) in [6.07, 6.45) is 2.44. The summed E-state index contributed by atoms with van der Waals surface area (Å²) in [6.45, 7) is 8.48. The number of carbonyl (C=O) groups is 1. The molecule has 4 rings (SSSR count). The van der Waals surface area contributed by atoms with Gasteiger partial charge in [0.1, 0.15) is 5.82 Å². The quantitative estimate of drug-likeness (QED) is 0.711. The van der Waals surface area contributed by atoms with Crippen molar-refractivity contribution in [3.63, 3.8) is 0 Å². The van der Waals surface area contributed by atoms with E-state index in [2.05, 4.69) is 20.1 Å². The lowest BCUT2D eigenvalue weighted by atomic mass is 10.0. The number of Topliss-reactive ketones (excluding diaryl/α,β-unsaturated/α-hetero) is 1. The molecule has 1 aromatic carbocycles. The highest BCUT2D eigenvalue weighted by Crippen LogP contribution is 2.24. The molecule has 1 aromatic heterocycles. The second-order valence-corrected chi connectivity index (χ2v) is 8.79. The maximum atomic E-state index is 14.1. The van der Waals surface area contributed by atoms with Gasteiger partial charge in [-0.1, -0.05) is 12.1 Å². The van der Waals surface area contributed by atoms with Crippen LogP contribution in [0.4, 0.5) is 10.1 Å². The van der Waals surface area contributed by atoms with Crippen molar-refractivity contribution >= 4 is 22.8 Å². The smallest absolute Gasteiger partial charge is 0.169 e. The minimum absolute atomic E-state index is 0.125. The van der Waals surface area contributed by atoms with Crippen molar-refractivity contribution in [2.24, 2.45) is 0 Å². The second kappa shape index (κ2) is 8.72. The van der Waals surface area contributed by atoms with Crippen LogP contribution in [0.5, 0.6) is 0 Å². The van der Waals surface area contributed by atoms with E-state index < -0.39 is 0 Å². The Kier molecular flexibility index (Phi) is 6.09. The Hall–Kier alpha value is -1.76. The van der Waals surface area contributed by atoms with Gasteiger partial charge in [0.05, 0.1) is 10.6 Å². The molecular weight excluding hydrogens is 373 g/mol. The number of hydrogen-bond donors (Lipinski definition) is 0. The third-order valence-electron chi connectivity index (χ3n) is 5.91. The molecule has 2 aliphatic rings. The fourth-order valence-electron chi connectivity index (χ4n) is 4.41. The van der Waals surface area contributed by atoms with Crippen molar-refractivity contribution in [1.82, 2.24) is 9.80 Å². The normalized spacial score (nSPS) is 21.8. The first-order valence-corrected chi connectivity index (χ1v) is 11.0. The molecule has 3 heterocycles. The number of piperazine rings is 1. The molecular formula is C22H28FN3OS. The third-order valence-corrected chi connectivity index (χ3v) is 6.99. The number of likely N-dealkylation sites (tertiary alicyclic amines) is 1. The Morgan fingerprint density at radius 1 is 1.18 bits per heavy atom. The van der Waals surface area contributed by atoms with E-state index in [0.29, 0.717) is 6.04 Å². The molecule has 2 aromatic rings. The largest absolute Gasteiger partial charge is 0.367 e. The average molecular weight is 402 g/mol. The molecule has 0 spiro atoms. The Morgan fingerprint density at radius 3 is 2.68 bits per heavy atom. The van der Waals surface area contributed by atoms with Crippen molar-refractivity contribution in [2.75, 3.05) is 44.2 Å². The molecule has 0 unspecified atom stereocenters. The van der Waals surface area contributed by atoms with Gasteiger partial charge in [-0.15, -0.1) is 11.3 Å². The summed E-state index contributed by atoms with van der Waals surface area (Å²) in [5.74, 6) is 0.0287. The highest BCUT2D eigenvalue weighted by Gasteiger charge is 2.28. The molecule has 28 heavy (non-hydrogen) atoms. The Morgan fingerprint density at radius 2 is 1.96 bits per heavy atom. The number of anilines is 1. The van der Waals surface area contributed by atoms with Crippen LogP contribution in [-0.2, 0) is 6.54 Å². The third kappa shape index (κ3) is 4.45. The second-order valence-electron chi connectivity index (χ2n) is 7.88. The zero-order chi connectivity index (χ0) is 19.5. The summed E-state index contributed by atoms with van der Waals surface area (Å²) in [6, 6.07) is 9.70. The van der Waals surface area contributed by atoms with Gasteiger partial charge in [0.15, 0.2) is 5.78 Å². The predicted molar refractivity (Wildman–Crippen MR) is 113 cm³/mol. The van der Waals surface area contributed by atoms with E-state index in [-0.39, 0.29) is 11.6 Å². The molecule has 0 aliphatic carbocycles. The van der Waals surface area contributed by atoms with Gasteiger partial charge in [-0.2, -0.15) is 0 Å². The van der Waals surface area contributed by atoms with Crippen LogP contribution in [0.15, 0.2) is 35.7 Å². The average Bonchev–Trinajstić information content (AvgIpc) is 3.18. The number of nitrogens with zero attached hydrogens (tertiary/aromatic N) is 3. The minimum Gasteiger partial charge on any atom is -0.367 e. The summed E-state index contributed by atoms with van der Waals surface area (Å²) in [5, 5.41) is 2.12. The SMILES string of the molecule is CC(=O)c1cc(CN2CCC[C@H](N3CCN(c4ccccc4F)CC3)C2)cs1. The highest BCUT2D eigenvalue weighted by molar-refractivity contribution is 7.12. The van der Waals surface area contributed by atoms with Gasteiger partial charge in [0.2, 0.25) is 0 Å². The van der Waals surface area contributed by atoms with E-state index in [1.165, 1.54) is 18.4 Å². The standard InChI is InChI=1S/C22H28FN3OS/c1-17(27)22-13-18(16-28-22)14-24-8-4-5-19(15-24)25-9-11-26(12-10-25)21-7-3-2-6-20(21)23/h2-3,6-7,13,16,19H,4-5,8-12,14-15H2,1H3/t19-/m0/s1. The van der Waals surface area contributed by atoms with Gasteiger partial charge in [0.25, 0.3) is 0 Å². The number of hydrogen-bond acceptors (Lipinski definition) is 5. The molecule has 2 aliphatic heterocycles. The Balaban J connectivity index is 1.31. The van der Waals surface area contributed by atoms with E-state index in [1.54, 1.807) is 30.4 Å². The van der Waals surface area contributed by atoms with Gasteiger partial charge in [-0.25, -0.2) is 4.39 Å². The van der Waals surface area contributed by atoms with Crippen LogP contribution in [0.1, 0.15) is 35.0 Å². The van der Waals surface area contributed by atoms with Gasteiger partial charge in [-0.05, 0) is 55.5 Å². The maximum Gasteiger partial charge on any atom is 0.169 e. The molecule has 0 bridgehead atoms. The van der Waals surface area contributed by atoms with Crippen molar-refractivity contribution < 1.29 is 9.18 Å². The van der Waals surface area contributed by atoms with Crippen LogP contribution in [0.25, 0.3) is 0 Å². The minimum atomic E-state index is -0.125. The lowest BCUT2D eigenvalue weighted by Crippen LogP contribution is -2.55. The van der Waals surface area contributed by atoms with Crippen molar-refractivity contribution in [3.8, 4) is 0 Å². The van der Waals surface area contributed by atoms with Crippen LogP contribution in [-0.4, -0.2) is 60.9 Å². The summed E-state index contributed by atoms with van der Waals surface area (Å²) < 4.78 is 14.1. The lowest BCUT2D eigenvalue weighted by Gasteiger charge is -2.44. The molecule has 2 saturated heterocycles. The first kappa shape index (κ1) is 19.6. The summed E-state index contributed by atoms with van der Waals surface area (Å²) in [4.78, 5) is 19.6. The van der Waals surface area contributed by atoms with E-state index in [9.17, 15) is 9.18 Å². The van der Waals surface area contributed by atoms with E-state index in [4.69, 9.17) is 0 Å². The van der Waals surface area contributed by atoms with Crippen LogP contribution < -0.4 is 4.90 Å². The zero-order valence-corrected chi connectivity index (χ0v) is 17.3. The Labute approximate surface area is 170 Å². The summed E-state index contributed by atoms with van der Waals surface area (Å²) in [5.41, 5.74) is 1.98. The monoisotopic (exact) mass is 401 g/mol. The molecule has 2 fully saturated rings. The van der Waals surface area contributed by atoms with Crippen LogP contribution in [0, 0.1) is 5.82 Å². The molecule has 0 N–H and O–H groups in total. The number of piperidine rings is 1. The van der Waals surface area contributed by atoms with Crippen molar-refractivity contribution in [2.45, 2.75) is 32.4 Å². The first-order chi connectivity index (χ1) is 13.6. The van der Waals surface area contributed by atoms with Gasteiger partial charge in [0, 0.05) is 45.3 Å². The summed E-state index contributed by atoms with van der Waals surface area (Å²) >= 11 is 1.55. The Bertz CT molecular complexity index is 816. The highest BCUT2D eigenvalue weighted by atomic mass is 32.1. The van der Waals surface area contributed by atoms with Crippen LogP contribution >= 0.6 is 11.3 Å². The number of benzene rings is 1. The lowest BCUT2D eigenvalue weighted by molar-refractivity contribution is 0.0887. The number of carbonyl (C=O) groups excluding carboxylic acids is 1. The predicted octanol–water partition coefficient (Wildman–Crippen LogP) is 3.88. The molecule has 1 atom stereocenters. The number of para-hydroxylation sites is 1. The number of rotatable bonds is 5. The van der Waals surface area contributed by atoms with E-state index in [1.807, 2.05) is 18.2 Å². The number of ketones is 1. The van der Waals surface area contributed by atoms with E-state index >= 15 is 0 Å². The maximum absolute atomic E-state index is 14.1. The molecule has 0 saturated carbocycles. The number of thiophene rings is 1. The zero-order valence-electron chi connectivity index (χ0n) is 16.4. The number of halogens is 1. The molecule has 6 heteroatoms. The summed E-state index contributed by atoms with van der Waals surface area (Å²) in [7, 11) is 0. The van der Waals surface area contributed by atoms with Gasteiger partial charge < -0.3 is 4.90 Å². The van der Waals surface area contributed by atoms with Crippen LogP contribution in [0.2, 0.25) is 0 Å². The molecule has 4 nitrogen and oxygen atoms in total. The fourth-order valence-corrected chi connectivity index (χ4v) is 5.22. The van der Waals surface area contributed by atoms with Crippen molar-refractivity contribution in [1.29, 1.82) is 0 Å². The fraction of sp³-hybridized carbons (Fsp3) is 0.500. The molecule has 0 amide bonds. The topological polar surface area (TPSA) is 26.8 Å². The molecule has 0 radical (unpaired) electrons. The van der Waals surface area contributed by atoms with Crippen molar-refractivity contribution in [3.05, 3.63) is 52.0 Å². The van der Waals surface area contributed by atoms with Crippen LogP contribution in [0.3, 0.4) is 0 Å². The molecule has 150 valence electrons. The van der Waals surface area contributed by atoms with Gasteiger partial charge >= 0.3 is 0 Å². The first-order valence-electron chi connectivity index (χ1n) is 10.1. The van der Waals surface area contributed by atoms with E-state index in [0.717, 1.165) is 56.4 Å².